The lowest BCUT2D eigenvalue weighted by atomic mass is 10.3. The highest BCUT2D eigenvalue weighted by Gasteiger charge is 2.13. The molecule has 7 heteroatoms. The van der Waals surface area contributed by atoms with Crippen LogP contribution in [-0.2, 0) is 6.42 Å². The van der Waals surface area contributed by atoms with Gasteiger partial charge in [-0.2, -0.15) is 0 Å². The standard InChI is InChI=1S/C11H12ClN3OS2/c1-6-9(18-11(13)15-6)10(16)14-5-4-7-2-3-8(12)17-7/h2-3H,4-5H2,1H3,(H2,13,15)(H,14,16). The molecule has 0 saturated carbocycles. The molecule has 96 valence electrons. The smallest absolute Gasteiger partial charge is 0.263 e. The van der Waals surface area contributed by atoms with Crippen LogP contribution in [-0.4, -0.2) is 17.4 Å². The summed E-state index contributed by atoms with van der Waals surface area (Å²) in [5, 5.41) is 3.27. The third-order valence-electron chi connectivity index (χ3n) is 2.31. The van der Waals surface area contributed by atoms with Gasteiger partial charge in [0, 0.05) is 11.4 Å². The Morgan fingerprint density at radius 3 is 2.83 bits per heavy atom. The number of rotatable bonds is 4. The summed E-state index contributed by atoms with van der Waals surface area (Å²) >= 11 is 8.57. The van der Waals surface area contributed by atoms with E-state index in [1.54, 1.807) is 6.92 Å². The summed E-state index contributed by atoms with van der Waals surface area (Å²) in [4.78, 5) is 17.6. The Hall–Kier alpha value is -1.11. The van der Waals surface area contributed by atoms with E-state index in [2.05, 4.69) is 10.3 Å². The van der Waals surface area contributed by atoms with E-state index in [1.807, 2.05) is 12.1 Å². The Kier molecular flexibility index (Phi) is 4.21. The highest BCUT2D eigenvalue weighted by atomic mass is 35.5. The van der Waals surface area contributed by atoms with Crippen molar-refractivity contribution in [1.29, 1.82) is 0 Å². The van der Waals surface area contributed by atoms with Gasteiger partial charge in [-0.1, -0.05) is 22.9 Å². The molecule has 18 heavy (non-hydrogen) atoms. The van der Waals surface area contributed by atoms with Crippen LogP contribution in [0.1, 0.15) is 20.2 Å². The van der Waals surface area contributed by atoms with Gasteiger partial charge in [0.25, 0.3) is 5.91 Å². The van der Waals surface area contributed by atoms with E-state index in [0.717, 1.165) is 15.6 Å². The van der Waals surface area contributed by atoms with E-state index in [0.29, 0.717) is 22.2 Å². The van der Waals surface area contributed by atoms with Gasteiger partial charge >= 0.3 is 0 Å². The Labute approximate surface area is 118 Å². The van der Waals surface area contributed by atoms with E-state index in [1.165, 1.54) is 22.7 Å². The molecule has 4 nitrogen and oxygen atoms in total. The van der Waals surface area contributed by atoms with Crippen molar-refractivity contribution >= 4 is 45.3 Å². The van der Waals surface area contributed by atoms with Crippen molar-refractivity contribution in [3.63, 3.8) is 0 Å². The molecule has 0 atom stereocenters. The van der Waals surface area contributed by atoms with E-state index in [4.69, 9.17) is 17.3 Å². The number of hydrogen-bond donors (Lipinski definition) is 2. The van der Waals surface area contributed by atoms with Crippen LogP contribution in [0.3, 0.4) is 0 Å². The SMILES string of the molecule is Cc1nc(N)sc1C(=O)NCCc1ccc(Cl)s1. The van der Waals surface area contributed by atoms with Gasteiger partial charge in [0.2, 0.25) is 0 Å². The van der Waals surface area contributed by atoms with Crippen molar-refractivity contribution in [3.8, 4) is 0 Å². The molecule has 0 bridgehead atoms. The van der Waals surface area contributed by atoms with Crippen LogP contribution in [0.4, 0.5) is 5.13 Å². The fourth-order valence-electron chi connectivity index (χ4n) is 1.49. The molecule has 0 fully saturated rings. The maximum atomic E-state index is 11.9. The van der Waals surface area contributed by atoms with Crippen LogP contribution in [0.5, 0.6) is 0 Å². The minimum absolute atomic E-state index is 0.121. The molecule has 0 saturated heterocycles. The first-order valence-electron chi connectivity index (χ1n) is 5.31. The molecule has 1 amide bonds. The highest BCUT2D eigenvalue weighted by molar-refractivity contribution is 7.17. The molecule has 0 spiro atoms. The quantitative estimate of drug-likeness (QED) is 0.912. The van der Waals surface area contributed by atoms with Crippen LogP contribution >= 0.6 is 34.3 Å². The first kappa shape index (κ1) is 13.3. The van der Waals surface area contributed by atoms with Gasteiger partial charge in [-0.3, -0.25) is 4.79 Å². The Bertz CT molecular complexity index is 564. The summed E-state index contributed by atoms with van der Waals surface area (Å²) in [7, 11) is 0. The second-order valence-corrected chi connectivity index (χ2v) is 6.51. The van der Waals surface area contributed by atoms with Crippen molar-refractivity contribution in [2.75, 3.05) is 12.3 Å². The van der Waals surface area contributed by atoms with Crippen molar-refractivity contribution in [2.24, 2.45) is 0 Å². The summed E-state index contributed by atoms with van der Waals surface area (Å²) in [6.07, 6.45) is 0.774. The molecule has 2 aromatic rings. The lowest BCUT2D eigenvalue weighted by Gasteiger charge is -2.02. The monoisotopic (exact) mass is 301 g/mol. The number of anilines is 1. The minimum atomic E-state index is -0.121. The van der Waals surface area contributed by atoms with Gasteiger partial charge in [-0.25, -0.2) is 4.98 Å². The molecule has 0 radical (unpaired) electrons. The first-order chi connectivity index (χ1) is 8.56. The van der Waals surface area contributed by atoms with Gasteiger partial charge in [-0.15, -0.1) is 11.3 Å². The average Bonchev–Trinajstić information content (AvgIpc) is 2.85. The molecule has 3 N–H and O–H groups in total. The topological polar surface area (TPSA) is 68.0 Å². The maximum absolute atomic E-state index is 11.9. The van der Waals surface area contributed by atoms with Gasteiger partial charge in [-0.05, 0) is 25.5 Å². The van der Waals surface area contributed by atoms with Crippen LogP contribution in [0.25, 0.3) is 0 Å². The molecular formula is C11H12ClN3OS2. The minimum Gasteiger partial charge on any atom is -0.375 e. The average molecular weight is 302 g/mol. The molecule has 2 rings (SSSR count). The predicted octanol–water partition coefficient (Wildman–Crippen LogP) is 2.72. The molecule has 0 aromatic carbocycles. The number of aryl methyl sites for hydroxylation is 1. The fourth-order valence-corrected chi connectivity index (χ4v) is 3.33. The van der Waals surface area contributed by atoms with Gasteiger partial charge < -0.3 is 11.1 Å². The third-order valence-corrected chi connectivity index (χ3v) is 4.58. The maximum Gasteiger partial charge on any atom is 0.263 e. The Balaban J connectivity index is 1.87. The normalized spacial score (nSPS) is 10.6. The number of nitrogens with zero attached hydrogens (tertiary/aromatic N) is 1. The summed E-state index contributed by atoms with van der Waals surface area (Å²) < 4.78 is 0.766. The van der Waals surface area contributed by atoms with E-state index >= 15 is 0 Å². The number of hydrogen-bond acceptors (Lipinski definition) is 5. The van der Waals surface area contributed by atoms with Crippen LogP contribution in [0.2, 0.25) is 4.34 Å². The van der Waals surface area contributed by atoms with Crippen molar-refractivity contribution in [3.05, 3.63) is 31.9 Å². The zero-order valence-corrected chi connectivity index (χ0v) is 12.1. The molecule has 0 aliphatic carbocycles. The second kappa shape index (κ2) is 5.69. The van der Waals surface area contributed by atoms with Gasteiger partial charge in [0.05, 0.1) is 10.0 Å². The third kappa shape index (κ3) is 3.22. The summed E-state index contributed by atoms with van der Waals surface area (Å²) in [5.41, 5.74) is 6.23. The number of carbonyl (C=O) groups is 1. The van der Waals surface area contributed by atoms with Crippen molar-refractivity contribution in [2.45, 2.75) is 13.3 Å². The van der Waals surface area contributed by atoms with Crippen LogP contribution in [0, 0.1) is 6.92 Å². The van der Waals surface area contributed by atoms with Crippen molar-refractivity contribution < 1.29 is 4.79 Å². The fraction of sp³-hybridized carbons (Fsp3) is 0.273. The highest BCUT2D eigenvalue weighted by Crippen LogP contribution is 2.22. The zero-order valence-electron chi connectivity index (χ0n) is 9.70. The molecule has 2 heterocycles. The van der Waals surface area contributed by atoms with E-state index < -0.39 is 0 Å². The van der Waals surface area contributed by atoms with Crippen molar-refractivity contribution in [1.82, 2.24) is 10.3 Å². The summed E-state index contributed by atoms with van der Waals surface area (Å²) in [5.74, 6) is -0.121. The molecular weight excluding hydrogens is 290 g/mol. The predicted molar refractivity (Wildman–Crippen MR) is 76.6 cm³/mol. The second-order valence-electron chi connectivity index (χ2n) is 3.68. The number of aromatic nitrogens is 1. The Morgan fingerprint density at radius 1 is 1.50 bits per heavy atom. The van der Waals surface area contributed by atoms with Crippen LogP contribution < -0.4 is 11.1 Å². The zero-order chi connectivity index (χ0) is 13.1. The first-order valence-corrected chi connectivity index (χ1v) is 7.32. The van der Waals surface area contributed by atoms with Crippen LogP contribution in [0.15, 0.2) is 12.1 Å². The largest absolute Gasteiger partial charge is 0.375 e. The number of thiazole rings is 1. The van der Waals surface area contributed by atoms with E-state index in [9.17, 15) is 4.79 Å². The van der Waals surface area contributed by atoms with Gasteiger partial charge in [0.1, 0.15) is 4.88 Å². The number of nitrogens with one attached hydrogen (secondary N) is 1. The summed E-state index contributed by atoms with van der Waals surface area (Å²) in [6, 6.07) is 3.83. The molecule has 0 aliphatic heterocycles. The number of thiophene rings is 1. The number of carbonyl (C=O) groups excluding carboxylic acids is 1. The number of amides is 1. The van der Waals surface area contributed by atoms with Gasteiger partial charge in [0.15, 0.2) is 5.13 Å². The van der Waals surface area contributed by atoms with E-state index in [-0.39, 0.29) is 5.91 Å². The number of nitrogens with two attached hydrogens (primary N) is 1. The lowest BCUT2D eigenvalue weighted by Crippen LogP contribution is -2.25. The summed E-state index contributed by atoms with van der Waals surface area (Å²) in [6.45, 7) is 2.35. The number of nitrogen functional groups attached to an aromatic ring is 1. The molecule has 2 aromatic heterocycles. The lowest BCUT2D eigenvalue weighted by molar-refractivity contribution is 0.0957. The Morgan fingerprint density at radius 2 is 2.28 bits per heavy atom. The molecule has 0 aliphatic rings. The number of halogens is 1. The molecule has 0 unspecified atom stereocenters.